The van der Waals surface area contributed by atoms with Crippen molar-refractivity contribution in [3.8, 4) is 5.75 Å². The van der Waals surface area contributed by atoms with Crippen molar-refractivity contribution in [1.82, 2.24) is 5.32 Å². The Morgan fingerprint density at radius 2 is 2.36 bits per heavy atom. The Morgan fingerprint density at radius 3 is 3.05 bits per heavy atom. The Kier molecular flexibility index (Phi) is 4.98. The number of benzene rings is 1. The van der Waals surface area contributed by atoms with E-state index >= 15 is 0 Å². The number of ether oxygens (including phenoxy) is 1. The summed E-state index contributed by atoms with van der Waals surface area (Å²) in [4.78, 5) is 22.0. The molecule has 1 unspecified atom stereocenters. The van der Waals surface area contributed by atoms with Gasteiger partial charge in [0.1, 0.15) is 12.4 Å². The largest absolute Gasteiger partial charge is 0.489 e. The molecule has 0 spiro atoms. The van der Waals surface area contributed by atoms with Crippen molar-refractivity contribution in [2.75, 3.05) is 18.5 Å². The van der Waals surface area contributed by atoms with Gasteiger partial charge in [-0.2, -0.15) is 0 Å². The van der Waals surface area contributed by atoms with E-state index in [0.29, 0.717) is 18.5 Å². The van der Waals surface area contributed by atoms with Gasteiger partial charge in [-0.15, -0.1) is 0 Å². The first-order chi connectivity index (χ1) is 10.5. The molecule has 1 aliphatic heterocycles. The lowest BCUT2D eigenvalue weighted by atomic mass is 9.95. The minimum Gasteiger partial charge on any atom is -0.489 e. The van der Waals surface area contributed by atoms with Crippen molar-refractivity contribution in [3.05, 3.63) is 35.7 Å². The van der Waals surface area contributed by atoms with E-state index in [1.807, 2.05) is 6.92 Å². The number of anilines is 1. The van der Waals surface area contributed by atoms with Gasteiger partial charge in [0.05, 0.1) is 6.33 Å². The van der Waals surface area contributed by atoms with Gasteiger partial charge in [-0.1, -0.05) is 6.92 Å². The molecule has 1 atom stereocenters. The number of hydrogen-bond donors (Lipinski definition) is 3. The maximum Gasteiger partial charge on any atom is 0.404 e. The monoisotopic (exact) mass is 308 g/mol. The number of fused-ring (bicyclic) bond motifs is 1. The summed E-state index contributed by atoms with van der Waals surface area (Å²) in [5, 5.41) is 13.4. The third-order valence-electron chi connectivity index (χ3n) is 3.35. The maximum absolute atomic E-state index is 12.7. The lowest BCUT2D eigenvalue weighted by molar-refractivity contribution is -0.119. The van der Waals surface area contributed by atoms with Crippen molar-refractivity contribution >= 4 is 17.7 Å². The van der Waals surface area contributed by atoms with Crippen LogP contribution in [0.1, 0.15) is 12.5 Å². The second-order valence-electron chi connectivity index (χ2n) is 5.13. The fourth-order valence-corrected chi connectivity index (χ4v) is 2.12. The van der Waals surface area contributed by atoms with Gasteiger partial charge in [-0.25, -0.2) is 9.18 Å². The quantitative estimate of drug-likeness (QED) is 0.779. The summed E-state index contributed by atoms with van der Waals surface area (Å²) < 4.78 is 18.1. The summed E-state index contributed by atoms with van der Waals surface area (Å²) in [7, 11) is 0. The zero-order valence-electron chi connectivity index (χ0n) is 12.1. The lowest BCUT2D eigenvalue weighted by Crippen LogP contribution is -2.27. The zero-order valence-corrected chi connectivity index (χ0v) is 12.1. The number of amides is 2. The number of carbonyl (C=O) groups is 2. The molecule has 3 N–H and O–H groups in total. The minimum atomic E-state index is -1.22. The number of rotatable bonds is 5. The van der Waals surface area contributed by atoms with Gasteiger partial charge in [-0.05, 0) is 30.2 Å². The first-order valence-corrected chi connectivity index (χ1v) is 6.81. The van der Waals surface area contributed by atoms with Crippen molar-refractivity contribution < 1.29 is 23.8 Å². The van der Waals surface area contributed by atoms with Crippen molar-refractivity contribution in [2.24, 2.45) is 5.92 Å². The molecule has 0 saturated heterocycles. The summed E-state index contributed by atoms with van der Waals surface area (Å²) in [5.41, 5.74) is 1.89. The SMILES string of the molecule is CC1Cc2cc(OCC(=CF)CNC(=O)O)ccc2NC1=O. The van der Waals surface area contributed by atoms with Crippen LogP contribution in [0.25, 0.3) is 0 Å². The molecule has 2 rings (SSSR count). The average Bonchev–Trinajstić information content (AvgIpc) is 2.48. The van der Waals surface area contributed by atoms with Crippen LogP contribution < -0.4 is 15.4 Å². The molecular weight excluding hydrogens is 291 g/mol. The third-order valence-corrected chi connectivity index (χ3v) is 3.35. The van der Waals surface area contributed by atoms with Crippen LogP contribution in [0.4, 0.5) is 14.9 Å². The molecule has 0 radical (unpaired) electrons. The molecule has 0 saturated carbocycles. The second-order valence-corrected chi connectivity index (χ2v) is 5.13. The van der Waals surface area contributed by atoms with Crippen LogP contribution in [0.15, 0.2) is 30.1 Å². The van der Waals surface area contributed by atoms with Crippen molar-refractivity contribution in [3.63, 3.8) is 0 Å². The second kappa shape index (κ2) is 6.93. The summed E-state index contributed by atoms with van der Waals surface area (Å²) in [6.07, 6.45) is -0.278. The van der Waals surface area contributed by atoms with Crippen LogP contribution in [-0.2, 0) is 11.2 Å². The Balaban J connectivity index is 1.98. The summed E-state index contributed by atoms with van der Waals surface area (Å²) in [6, 6.07) is 5.21. The third kappa shape index (κ3) is 3.97. The van der Waals surface area contributed by atoms with E-state index in [0.717, 1.165) is 11.3 Å². The van der Waals surface area contributed by atoms with Gasteiger partial charge in [0.15, 0.2) is 0 Å². The highest BCUT2D eigenvalue weighted by atomic mass is 19.1. The fourth-order valence-electron chi connectivity index (χ4n) is 2.12. The standard InChI is InChI=1S/C15H17FN2O4/c1-9-4-11-5-12(2-3-13(11)18-14(9)19)22-8-10(6-16)7-17-15(20)21/h2-3,5-6,9,17H,4,7-8H2,1H3,(H,18,19)(H,20,21). The first-order valence-electron chi connectivity index (χ1n) is 6.81. The Bertz CT molecular complexity index is 616. The smallest absolute Gasteiger partial charge is 0.404 e. The molecule has 0 fully saturated rings. The Hall–Kier alpha value is -2.57. The van der Waals surface area contributed by atoms with Gasteiger partial charge in [0, 0.05) is 23.7 Å². The van der Waals surface area contributed by atoms with Crippen LogP contribution in [0, 0.1) is 5.92 Å². The van der Waals surface area contributed by atoms with Crippen molar-refractivity contribution in [1.29, 1.82) is 0 Å². The molecule has 22 heavy (non-hydrogen) atoms. The minimum absolute atomic E-state index is 0.0106. The van der Waals surface area contributed by atoms with Gasteiger partial charge >= 0.3 is 6.09 Å². The van der Waals surface area contributed by atoms with Crippen LogP contribution in [0.3, 0.4) is 0 Å². The van der Waals surface area contributed by atoms with Crippen LogP contribution in [0.5, 0.6) is 5.75 Å². The van der Waals surface area contributed by atoms with Crippen molar-refractivity contribution in [2.45, 2.75) is 13.3 Å². The Labute approximate surface area is 127 Å². The molecule has 0 aliphatic carbocycles. The molecule has 1 aromatic rings. The highest BCUT2D eigenvalue weighted by Gasteiger charge is 2.22. The molecular formula is C15H17FN2O4. The van der Waals surface area contributed by atoms with Crippen LogP contribution in [0.2, 0.25) is 0 Å². The van der Waals surface area contributed by atoms with E-state index in [1.54, 1.807) is 18.2 Å². The van der Waals surface area contributed by atoms with E-state index in [9.17, 15) is 14.0 Å². The molecule has 0 bridgehead atoms. The first kappa shape index (κ1) is 15.8. The van der Waals surface area contributed by atoms with E-state index in [-0.39, 0.29) is 30.5 Å². The molecule has 118 valence electrons. The van der Waals surface area contributed by atoms with E-state index in [2.05, 4.69) is 10.6 Å². The predicted octanol–water partition coefficient (Wildman–Crippen LogP) is 2.32. The normalized spacial score (nSPS) is 17.5. The molecule has 1 heterocycles. The van der Waals surface area contributed by atoms with Crippen LogP contribution >= 0.6 is 0 Å². The van der Waals surface area contributed by atoms with E-state index in [4.69, 9.17) is 9.84 Å². The number of halogens is 1. The highest BCUT2D eigenvalue weighted by molar-refractivity contribution is 5.95. The Morgan fingerprint density at radius 1 is 1.59 bits per heavy atom. The van der Waals surface area contributed by atoms with Gasteiger partial charge in [0.2, 0.25) is 5.91 Å². The molecule has 1 aromatic carbocycles. The number of carboxylic acid groups (broad SMARTS) is 1. The predicted molar refractivity (Wildman–Crippen MR) is 78.7 cm³/mol. The number of hydrogen-bond acceptors (Lipinski definition) is 3. The molecule has 2 amide bonds. The zero-order chi connectivity index (χ0) is 16.1. The number of nitrogens with one attached hydrogen (secondary N) is 2. The topological polar surface area (TPSA) is 87.7 Å². The van der Waals surface area contributed by atoms with E-state index < -0.39 is 6.09 Å². The molecule has 6 nitrogen and oxygen atoms in total. The van der Waals surface area contributed by atoms with Crippen LogP contribution in [-0.4, -0.2) is 30.3 Å². The van der Waals surface area contributed by atoms with Gasteiger partial charge in [-0.3, -0.25) is 4.79 Å². The van der Waals surface area contributed by atoms with E-state index in [1.165, 1.54) is 0 Å². The lowest BCUT2D eigenvalue weighted by Gasteiger charge is -2.22. The summed E-state index contributed by atoms with van der Waals surface area (Å²) in [6.45, 7) is 1.65. The highest BCUT2D eigenvalue weighted by Crippen LogP contribution is 2.29. The average molecular weight is 308 g/mol. The molecule has 0 aromatic heterocycles. The summed E-state index contributed by atoms with van der Waals surface area (Å²) in [5.74, 6) is 0.421. The maximum atomic E-state index is 12.7. The molecule has 1 aliphatic rings. The number of carbonyl (C=O) groups excluding carboxylic acids is 1. The fraction of sp³-hybridized carbons (Fsp3) is 0.333. The summed E-state index contributed by atoms with van der Waals surface area (Å²) >= 11 is 0. The van der Waals surface area contributed by atoms with Gasteiger partial charge < -0.3 is 20.5 Å². The van der Waals surface area contributed by atoms with Gasteiger partial charge in [0.25, 0.3) is 0 Å². The molecule has 7 heteroatoms.